The Morgan fingerprint density at radius 2 is 0.752 bits per heavy atom. The van der Waals surface area contributed by atoms with Crippen LogP contribution >= 0.6 is 0 Å². The van der Waals surface area contributed by atoms with Crippen LogP contribution < -0.4 is 26.2 Å². The van der Waals surface area contributed by atoms with Crippen molar-refractivity contribution in [2.45, 2.75) is 78.6 Å². The topological polar surface area (TPSA) is 29.2 Å². The van der Waals surface area contributed by atoms with E-state index in [0.29, 0.717) is 72.8 Å². The van der Waals surface area contributed by atoms with Gasteiger partial charge >= 0.3 is 0 Å². The molecule has 0 bridgehead atoms. The summed E-state index contributed by atoms with van der Waals surface area (Å²) in [7, 11) is 0. The van der Waals surface area contributed by atoms with Crippen molar-refractivity contribution >= 4 is 101 Å². The van der Waals surface area contributed by atoms with Crippen LogP contribution in [0.25, 0.3) is 111 Å². The number of anilines is 6. The number of rotatable bonds is 9. The minimum Gasteiger partial charge on any atom is -0.310 e. The molecule has 0 atom stereocenters. The number of fused-ring (bicyclic) bond motifs is 10. The molecular formula is C95H78BN5. The lowest BCUT2D eigenvalue weighted by molar-refractivity contribution is 0.532. The van der Waals surface area contributed by atoms with E-state index in [4.69, 9.17) is 9.10 Å². The molecule has 5 nitrogen and oxygen atoms in total. The smallest absolute Gasteiger partial charge is 0.252 e. The highest BCUT2D eigenvalue weighted by Crippen LogP contribution is 2.56. The van der Waals surface area contributed by atoms with Gasteiger partial charge in [0, 0.05) is 94.3 Å². The van der Waals surface area contributed by atoms with Crippen LogP contribution in [0, 0.1) is 0 Å². The Morgan fingerprint density at radius 1 is 0.317 bits per heavy atom. The summed E-state index contributed by atoms with van der Waals surface area (Å²) < 4.78 is 204. The largest absolute Gasteiger partial charge is 0.310 e. The molecule has 0 N–H and O–H groups in total. The third kappa shape index (κ3) is 10.1. The van der Waals surface area contributed by atoms with Gasteiger partial charge in [-0.05, 0) is 128 Å². The molecule has 0 saturated carbocycles. The Bertz CT molecular complexity index is 7050. The molecule has 6 heteroatoms. The average molecular weight is 1320 g/mol. The monoisotopic (exact) mass is 1320 g/mol. The summed E-state index contributed by atoms with van der Waals surface area (Å²) in [5, 5.41) is -0.719. The number of hydrogen-bond donors (Lipinski definition) is 0. The van der Waals surface area contributed by atoms with Crippen molar-refractivity contribution in [3.8, 4) is 67.0 Å². The van der Waals surface area contributed by atoms with Crippen molar-refractivity contribution < 1.29 is 28.8 Å². The molecule has 3 aromatic heterocycles. The minimum atomic E-state index is -1.01. The number of nitrogens with zero attached hydrogens (tertiary/aromatic N) is 5. The third-order valence-corrected chi connectivity index (χ3v) is 19.8. The summed E-state index contributed by atoms with van der Waals surface area (Å²) in [5.74, 6) is 0. The van der Waals surface area contributed by atoms with Gasteiger partial charge in [-0.2, -0.15) is 0 Å². The van der Waals surface area contributed by atoms with E-state index < -0.39 is 150 Å². The highest BCUT2D eigenvalue weighted by molar-refractivity contribution is 7.00. The highest BCUT2D eigenvalue weighted by Gasteiger charge is 2.46. The predicted octanol–water partition coefficient (Wildman–Crippen LogP) is 23.6. The van der Waals surface area contributed by atoms with Gasteiger partial charge in [0.05, 0.1) is 73.6 Å². The van der Waals surface area contributed by atoms with Crippen LogP contribution in [0.1, 0.15) is 108 Å². The molecule has 5 heterocycles. The van der Waals surface area contributed by atoms with Gasteiger partial charge in [0.25, 0.3) is 6.71 Å². The zero-order chi connectivity index (χ0) is 86.9. The summed E-state index contributed by atoms with van der Waals surface area (Å²) >= 11 is 0. The van der Waals surface area contributed by atoms with E-state index in [2.05, 4.69) is 90.3 Å². The second-order valence-corrected chi connectivity index (χ2v) is 29.1. The summed E-state index contributed by atoms with van der Waals surface area (Å²) in [6.07, 6.45) is 0. The van der Waals surface area contributed by atoms with Crippen LogP contribution in [0.2, 0.25) is 0 Å². The molecule has 486 valence electrons. The average Bonchev–Trinajstić information content (AvgIpc) is 1.11. The van der Waals surface area contributed by atoms with Crippen LogP contribution in [-0.4, -0.2) is 20.8 Å². The molecule has 0 radical (unpaired) electrons. The zero-order valence-corrected chi connectivity index (χ0v) is 57.1. The molecular weight excluding hydrogens is 1220 g/mol. The van der Waals surface area contributed by atoms with E-state index in [9.17, 15) is 24.7 Å². The Hall–Kier alpha value is -11.7. The number of benzene rings is 13. The first-order valence-corrected chi connectivity index (χ1v) is 33.9. The lowest BCUT2D eigenvalue weighted by Crippen LogP contribution is -2.61. The molecule has 18 rings (SSSR count). The van der Waals surface area contributed by atoms with Crippen molar-refractivity contribution in [1.82, 2.24) is 14.1 Å². The molecule has 16 aromatic rings. The minimum absolute atomic E-state index is 0.0981. The maximum atomic E-state index is 10.2. The zero-order valence-electron chi connectivity index (χ0n) is 78.1. The van der Waals surface area contributed by atoms with Crippen molar-refractivity contribution in [2.75, 3.05) is 9.80 Å². The standard InChI is InChI=1S/C95H78BN5/c1-93(2,3)66-56-76(63-35-18-12-19-36-63)91(77(57-66)64-37-20-13-21-38-64)101-85-58-67(98-80-45-26-22-39-70(80)71-40-23-27-46-81(71)98)50-53-79(85)96-78-52-49-65(61-31-14-10-15-32-61)55-84(78)100(86-59-68(60-87(101)89(86)96)99-82-47-28-24-41-72(82)73-42-25-29-48-83(73)99)90-69(62-33-16-11-17-34-62)43-30-44-74(90)75-51-54-88(94(4,5)6)97-92(75)95(7,8)9/h10-60H,1-9H3/i10D,14D,15D,22D,23D,24D,25D,26D,27D,28D,29D,31D,32D,39D,40D,41D,42D,45D,46D,47D,48D. The third-order valence-electron chi connectivity index (χ3n) is 19.8. The van der Waals surface area contributed by atoms with Gasteiger partial charge in [-0.1, -0.05) is 298 Å². The van der Waals surface area contributed by atoms with Gasteiger partial charge in [-0.15, -0.1) is 0 Å². The molecule has 0 saturated heterocycles. The summed E-state index contributed by atoms with van der Waals surface area (Å²) in [6.45, 7) is 18.0. The normalized spacial score (nSPS) is 15.9. The summed E-state index contributed by atoms with van der Waals surface area (Å²) in [4.78, 5) is 9.81. The van der Waals surface area contributed by atoms with E-state index in [1.54, 1.807) is 12.1 Å². The van der Waals surface area contributed by atoms with E-state index in [1.807, 2.05) is 152 Å². The number of para-hydroxylation sites is 5. The molecule has 0 spiro atoms. The number of pyridine rings is 1. The van der Waals surface area contributed by atoms with Crippen LogP contribution in [0.3, 0.4) is 0 Å². The Labute approximate surface area is 622 Å². The second-order valence-electron chi connectivity index (χ2n) is 29.1. The first-order valence-electron chi connectivity index (χ1n) is 44.4. The predicted molar refractivity (Wildman–Crippen MR) is 430 cm³/mol. The van der Waals surface area contributed by atoms with Crippen molar-refractivity contribution in [3.63, 3.8) is 0 Å². The fourth-order valence-corrected chi connectivity index (χ4v) is 15.1. The first kappa shape index (κ1) is 42.9. The maximum Gasteiger partial charge on any atom is 0.252 e. The molecule has 2 aliphatic heterocycles. The molecule has 101 heavy (non-hydrogen) atoms. The van der Waals surface area contributed by atoms with E-state index in [-0.39, 0.29) is 66.1 Å². The van der Waals surface area contributed by atoms with Gasteiger partial charge in [-0.3, -0.25) is 4.98 Å². The van der Waals surface area contributed by atoms with Gasteiger partial charge in [0.1, 0.15) is 0 Å². The Morgan fingerprint density at radius 3 is 1.25 bits per heavy atom. The number of aromatic nitrogens is 3. The molecule has 0 aliphatic carbocycles. The van der Waals surface area contributed by atoms with Crippen LogP contribution in [0.15, 0.2) is 309 Å². The quantitative estimate of drug-likeness (QED) is 0.135. The Balaban J connectivity index is 1.13. The highest BCUT2D eigenvalue weighted by atomic mass is 15.2. The Kier molecular flexibility index (Phi) is 9.98. The molecule has 13 aromatic carbocycles. The van der Waals surface area contributed by atoms with Crippen molar-refractivity contribution in [1.29, 1.82) is 0 Å². The van der Waals surface area contributed by atoms with E-state index >= 15 is 0 Å². The number of hydrogen-bond acceptors (Lipinski definition) is 3. The fourth-order valence-electron chi connectivity index (χ4n) is 15.1. The van der Waals surface area contributed by atoms with Gasteiger partial charge < -0.3 is 18.9 Å². The molecule has 0 amide bonds. The summed E-state index contributed by atoms with van der Waals surface area (Å²) in [5.41, 5.74) is 10.4. The molecule has 0 unspecified atom stereocenters. The van der Waals surface area contributed by atoms with Crippen LogP contribution in [0.5, 0.6) is 0 Å². The van der Waals surface area contributed by atoms with Gasteiger partial charge in [-0.25, -0.2) is 0 Å². The lowest BCUT2D eigenvalue weighted by Gasteiger charge is -2.46. The van der Waals surface area contributed by atoms with Gasteiger partial charge in [0.2, 0.25) is 0 Å². The molecule has 2 aliphatic rings. The molecule has 0 fully saturated rings. The van der Waals surface area contributed by atoms with Crippen LogP contribution in [0.4, 0.5) is 34.1 Å². The van der Waals surface area contributed by atoms with E-state index in [1.165, 1.54) is 9.13 Å². The summed E-state index contributed by atoms with van der Waals surface area (Å²) in [6, 6.07) is 46.1. The SMILES string of the molecule is [2H]c1c([2H])c([2H])c(-c2ccc3c(c2)N(c2c(-c4ccccc4)cccc2-c2ccc(C(C)(C)C)nc2C(C)(C)C)c2cc(-n4c5c([2H])c([2H])c([2H])c([2H])c5c5c([2H])c([2H])c([2H])c([2H])c54)cc4c2B3c2ccc(-n3c5c([2H])c([2H])c([2H])c([2H])c5c5c([2H])c([2H])c([2H])c([2H])c53)cc2N4c2c(-c3ccccc3)cc(C(C)(C)C)cc2-c2ccccc2)c([2H])c1[2H]. The van der Waals surface area contributed by atoms with Crippen LogP contribution in [-0.2, 0) is 16.2 Å². The van der Waals surface area contributed by atoms with Gasteiger partial charge in [0.15, 0.2) is 0 Å². The second kappa shape index (κ2) is 23.5. The lowest BCUT2D eigenvalue weighted by atomic mass is 9.33. The fraction of sp³-hybridized carbons (Fsp3) is 0.126. The maximum absolute atomic E-state index is 10.2. The van der Waals surface area contributed by atoms with Crippen molar-refractivity contribution in [2.24, 2.45) is 0 Å². The van der Waals surface area contributed by atoms with Crippen molar-refractivity contribution in [3.05, 3.63) is 326 Å². The van der Waals surface area contributed by atoms with E-state index in [0.717, 1.165) is 39.2 Å². The first-order chi connectivity index (χ1) is 57.8.